The summed E-state index contributed by atoms with van der Waals surface area (Å²) in [4.78, 5) is 11.0. The van der Waals surface area contributed by atoms with Crippen LogP contribution in [0, 0.1) is 5.92 Å². The van der Waals surface area contributed by atoms with Gasteiger partial charge in [-0.1, -0.05) is 110 Å². The Labute approximate surface area is 163 Å². The average molecular weight is 373 g/mol. The van der Waals surface area contributed by atoms with Crippen LogP contribution in [-0.4, -0.2) is 16.8 Å². The van der Waals surface area contributed by atoms with Crippen molar-refractivity contribution in [3.63, 3.8) is 0 Å². The van der Waals surface area contributed by atoms with Crippen LogP contribution in [0.4, 0.5) is 0 Å². The summed E-state index contributed by atoms with van der Waals surface area (Å²) in [5.41, 5.74) is 0. The highest BCUT2D eigenvalue weighted by Gasteiger charge is 2.15. The number of carboxylic acids is 1. The minimum absolute atomic E-state index is 0.177. The lowest BCUT2D eigenvalue weighted by molar-refractivity contribution is -0.142. The van der Waals surface area contributed by atoms with Gasteiger partial charge in [0.25, 0.3) is 0 Å². The van der Waals surface area contributed by atoms with Gasteiger partial charge < -0.3 is 5.11 Å². The number of aliphatic carboxylic acids is 1. The Morgan fingerprint density at radius 2 is 1.04 bits per heavy atom. The van der Waals surface area contributed by atoms with Crippen LogP contribution in [0.2, 0.25) is 0 Å². The predicted octanol–water partition coefficient (Wildman–Crippen LogP) is 7.66. The fraction of sp³-hybridized carbons (Fsp3) is 0.955. The van der Waals surface area contributed by atoms with Gasteiger partial charge in [0, 0.05) is 0 Å². The minimum atomic E-state index is -0.644. The van der Waals surface area contributed by atoms with Crippen molar-refractivity contribution in [1.29, 1.82) is 0 Å². The average Bonchev–Trinajstić information content (AvgIpc) is 2.60. The van der Waals surface area contributed by atoms with E-state index in [1.807, 2.05) is 0 Å². The summed E-state index contributed by atoms with van der Waals surface area (Å²) < 4.78 is 0. The first-order valence-electron chi connectivity index (χ1n) is 11.1. The van der Waals surface area contributed by atoms with Crippen LogP contribution in [0.5, 0.6) is 0 Å². The van der Waals surface area contributed by atoms with Crippen LogP contribution in [0.1, 0.15) is 122 Å². The lowest BCUT2D eigenvalue weighted by Gasteiger charge is -2.10. The van der Waals surface area contributed by atoms with E-state index in [0.29, 0.717) is 12.2 Å². The molecule has 0 saturated heterocycles. The highest BCUT2D eigenvalue weighted by molar-refractivity contribution is 7.80. The highest BCUT2D eigenvalue weighted by atomic mass is 32.1. The second-order valence-corrected chi connectivity index (χ2v) is 8.09. The largest absolute Gasteiger partial charge is 0.481 e. The van der Waals surface area contributed by atoms with Gasteiger partial charge in [-0.2, -0.15) is 12.6 Å². The fourth-order valence-corrected chi connectivity index (χ4v) is 3.80. The van der Waals surface area contributed by atoms with Crippen molar-refractivity contribution in [1.82, 2.24) is 0 Å². The molecule has 0 aromatic rings. The molecular formula is C22H44O2S. The molecule has 1 N–H and O–H groups in total. The molecule has 150 valence electrons. The Bertz CT molecular complexity index is 281. The lowest BCUT2D eigenvalue weighted by atomic mass is 9.98. The molecule has 0 aliphatic rings. The van der Waals surface area contributed by atoms with E-state index in [4.69, 9.17) is 5.11 Å². The van der Waals surface area contributed by atoms with Gasteiger partial charge in [0.05, 0.1) is 5.92 Å². The summed E-state index contributed by atoms with van der Waals surface area (Å²) in [5, 5.41) is 9.10. The SMILES string of the molecule is CCCCCCCCCCCCCCCCCCC(CCS)C(=O)O. The molecule has 0 aliphatic carbocycles. The zero-order valence-electron chi connectivity index (χ0n) is 16.8. The first kappa shape index (κ1) is 24.8. The normalized spacial score (nSPS) is 12.4. The van der Waals surface area contributed by atoms with Crippen LogP contribution in [0.25, 0.3) is 0 Å². The van der Waals surface area contributed by atoms with Gasteiger partial charge in [0.15, 0.2) is 0 Å². The molecule has 0 rings (SSSR count). The number of hydrogen-bond donors (Lipinski definition) is 2. The van der Waals surface area contributed by atoms with Crippen molar-refractivity contribution in [2.75, 3.05) is 5.75 Å². The molecule has 3 heteroatoms. The summed E-state index contributed by atoms with van der Waals surface area (Å²) in [5.74, 6) is -0.144. The molecule has 0 aromatic heterocycles. The van der Waals surface area contributed by atoms with Crippen molar-refractivity contribution in [3.8, 4) is 0 Å². The van der Waals surface area contributed by atoms with Crippen molar-refractivity contribution < 1.29 is 9.90 Å². The molecule has 0 amide bonds. The molecule has 0 bridgehead atoms. The van der Waals surface area contributed by atoms with Gasteiger partial charge in [-0.05, 0) is 18.6 Å². The number of hydrogen-bond acceptors (Lipinski definition) is 2. The molecule has 0 fully saturated rings. The zero-order valence-corrected chi connectivity index (χ0v) is 17.7. The lowest BCUT2D eigenvalue weighted by Crippen LogP contribution is -2.14. The van der Waals surface area contributed by atoms with E-state index in [9.17, 15) is 4.79 Å². The molecule has 0 aromatic carbocycles. The third-order valence-corrected chi connectivity index (χ3v) is 5.49. The second-order valence-electron chi connectivity index (χ2n) is 7.64. The predicted molar refractivity (Wildman–Crippen MR) is 114 cm³/mol. The third-order valence-electron chi connectivity index (χ3n) is 5.23. The van der Waals surface area contributed by atoms with Gasteiger partial charge in [0.1, 0.15) is 0 Å². The summed E-state index contributed by atoms with van der Waals surface area (Å²) >= 11 is 4.15. The van der Waals surface area contributed by atoms with E-state index >= 15 is 0 Å². The van der Waals surface area contributed by atoms with Gasteiger partial charge in [-0.25, -0.2) is 0 Å². The molecule has 0 heterocycles. The van der Waals surface area contributed by atoms with Crippen LogP contribution >= 0.6 is 12.6 Å². The third kappa shape index (κ3) is 18.4. The molecule has 25 heavy (non-hydrogen) atoms. The molecule has 1 atom stereocenters. The quantitative estimate of drug-likeness (QED) is 0.170. The number of rotatable bonds is 20. The van der Waals surface area contributed by atoms with Gasteiger partial charge in [0.2, 0.25) is 0 Å². The molecule has 1 unspecified atom stereocenters. The van der Waals surface area contributed by atoms with Crippen molar-refractivity contribution in [3.05, 3.63) is 0 Å². The van der Waals surface area contributed by atoms with Gasteiger partial charge in [-0.15, -0.1) is 0 Å². The monoisotopic (exact) mass is 372 g/mol. The summed E-state index contributed by atoms with van der Waals surface area (Å²) in [6, 6.07) is 0. The smallest absolute Gasteiger partial charge is 0.306 e. The Morgan fingerprint density at radius 3 is 1.36 bits per heavy atom. The second kappa shape index (κ2) is 20.1. The summed E-state index contributed by atoms with van der Waals surface area (Å²) in [6.07, 6.45) is 23.3. The topological polar surface area (TPSA) is 37.3 Å². The van der Waals surface area contributed by atoms with Crippen molar-refractivity contribution >= 4 is 18.6 Å². The van der Waals surface area contributed by atoms with E-state index in [1.54, 1.807) is 0 Å². The molecule has 0 aliphatic heterocycles. The van der Waals surface area contributed by atoms with Crippen LogP contribution in [0.3, 0.4) is 0 Å². The molecular weight excluding hydrogens is 328 g/mol. The Hall–Kier alpha value is -0.180. The molecule has 0 radical (unpaired) electrons. The Balaban J connectivity index is 3.17. The Kier molecular flexibility index (Phi) is 20.0. The number of carboxylic acid groups (broad SMARTS) is 1. The van der Waals surface area contributed by atoms with Crippen molar-refractivity contribution in [2.24, 2.45) is 5.92 Å². The number of thiol groups is 1. The highest BCUT2D eigenvalue weighted by Crippen LogP contribution is 2.17. The van der Waals surface area contributed by atoms with Crippen LogP contribution in [0.15, 0.2) is 0 Å². The van der Waals surface area contributed by atoms with E-state index < -0.39 is 5.97 Å². The van der Waals surface area contributed by atoms with E-state index in [1.165, 1.54) is 96.3 Å². The summed E-state index contributed by atoms with van der Waals surface area (Å²) in [7, 11) is 0. The standard InChI is InChI=1S/C22H44O2S/c1-2-3-4-5-6-7-8-9-10-11-12-13-14-15-16-17-18-21(19-20-25)22(23)24/h21,25H,2-20H2,1H3,(H,23,24). The molecule has 2 nitrogen and oxygen atoms in total. The van der Waals surface area contributed by atoms with Gasteiger partial charge in [-0.3, -0.25) is 4.79 Å². The fourth-order valence-electron chi connectivity index (χ4n) is 3.49. The molecule has 0 saturated carbocycles. The van der Waals surface area contributed by atoms with Crippen LogP contribution < -0.4 is 0 Å². The van der Waals surface area contributed by atoms with Crippen molar-refractivity contribution in [2.45, 2.75) is 122 Å². The number of carbonyl (C=O) groups is 1. The Morgan fingerprint density at radius 1 is 0.680 bits per heavy atom. The van der Waals surface area contributed by atoms with E-state index in [-0.39, 0.29) is 5.92 Å². The van der Waals surface area contributed by atoms with E-state index in [2.05, 4.69) is 19.6 Å². The maximum absolute atomic E-state index is 11.0. The maximum Gasteiger partial charge on any atom is 0.306 e. The summed E-state index contributed by atoms with van der Waals surface area (Å²) in [6.45, 7) is 2.28. The van der Waals surface area contributed by atoms with E-state index in [0.717, 1.165) is 12.8 Å². The maximum atomic E-state index is 11.0. The minimum Gasteiger partial charge on any atom is -0.481 e. The first-order valence-corrected chi connectivity index (χ1v) is 11.7. The van der Waals surface area contributed by atoms with Crippen LogP contribution in [-0.2, 0) is 4.79 Å². The first-order chi connectivity index (χ1) is 12.2. The zero-order chi connectivity index (χ0) is 18.6. The van der Waals surface area contributed by atoms with Gasteiger partial charge >= 0.3 is 5.97 Å². The number of unbranched alkanes of at least 4 members (excludes halogenated alkanes) is 15. The molecule has 0 spiro atoms.